The van der Waals surface area contributed by atoms with Crippen molar-refractivity contribution < 1.29 is 19.0 Å². The van der Waals surface area contributed by atoms with Crippen LogP contribution in [0.5, 0.6) is 17.2 Å². The van der Waals surface area contributed by atoms with E-state index in [0.717, 1.165) is 27.8 Å². The van der Waals surface area contributed by atoms with Crippen molar-refractivity contribution in [3.8, 4) is 28.6 Å². The van der Waals surface area contributed by atoms with Gasteiger partial charge in [-0.3, -0.25) is 9.78 Å². The van der Waals surface area contributed by atoms with Crippen molar-refractivity contribution >= 4 is 28.1 Å². The molecule has 8 heteroatoms. The zero-order valence-corrected chi connectivity index (χ0v) is 18.4. The molecule has 0 aliphatic carbocycles. The van der Waals surface area contributed by atoms with Gasteiger partial charge in [-0.2, -0.15) is 0 Å². The Kier molecular flexibility index (Phi) is 6.62. The molecular weight excluding hydrogens is 426 g/mol. The fraction of sp³-hybridized carbons (Fsp3) is 0.125. The molecule has 32 heavy (non-hydrogen) atoms. The third kappa shape index (κ3) is 5.22. The van der Waals surface area contributed by atoms with Crippen molar-refractivity contribution in [1.29, 1.82) is 0 Å². The summed E-state index contributed by atoms with van der Waals surface area (Å²) in [4.78, 5) is 21.3. The first kappa shape index (κ1) is 21.3. The van der Waals surface area contributed by atoms with Crippen molar-refractivity contribution in [2.75, 3.05) is 19.5 Å². The highest BCUT2D eigenvalue weighted by molar-refractivity contribution is 7.14. The van der Waals surface area contributed by atoms with E-state index < -0.39 is 0 Å². The molecule has 4 rings (SSSR count). The first-order valence-corrected chi connectivity index (χ1v) is 10.7. The van der Waals surface area contributed by atoms with Crippen LogP contribution in [0, 0.1) is 0 Å². The standard InChI is InChI=1S/C24H21N3O4S/c1-29-21-10-9-16(12-22(21)30-2)13-23(28)31-18-7-5-6-17(14-18)26-24-27-20(15-32-24)19-8-3-4-11-25-19/h3-12,14-15H,13H2,1-2H3,(H,26,27). The average molecular weight is 448 g/mol. The maximum atomic E-state index is 12.4. The Morgan fingerprint density at radius 2 is 1.84 bits per heavy atom. The number of carbonyl (C=O) groups is 1. The van der Waals surface area contributed by atoms with Gasteiger partial charge in [0.25, 0.3) is 0 Å². The highest BCUT2D eigenvalue weighted by Gasteiger charge is 2.11. The zero-order valence-electron chi connectivity index (χ0n) is 17.6. The number of methoxy groups -OCH3 is 2. The second kappa shape index (κ2) is 9.93. The second-order valence-corrected chi connectivity index (χ2v) is 7.60. The molecule has 2 heterocycles. The Morgan fingerprint density at radius 3 is 2.62 bits per heavy atom. The Hall–Kier alpha value is -3.91. The highest BCUT2D eigenvalue weighted by atomic mass is 32.1. The van der Waals surface area contributed by atoms with Crippen LogP contribution in [0.4, 0.5) is 10.8 Å². The Morgan fingerprint density at radius 1 is 0.969 bits per heavy atom. The largest absolute Gasteiger partial charge is 0.493 e. The van der Waals surface area contributed by atoms with Crippen LogP contribution in [0.3, 0.4) is 0 Å². The van der Waals surface area contributed by atoms with Crippen LogP contribution < -0.4 is 19.5 Å². The average Bonchev–Trinajstić information content (AvgIpc) is 3.28. The number of rotatable bonds is 8. The summed E-state index contributed by atoms with van der Waals surface area (Å²) in [6.07, 6.45) is 1.85. The van der Waals surface area contributed by atoms with E-state index in [9.17, 15) is 4.79 Å². The molecule has 0 saturated carbocycles. The number of benzene rings is 2. The molecule has 0 atom stereocenters. The van der Waals surface area contributed by atoms with Crippen molar-refractivity contribution in [2.24, 2.45) is 0 Å². The van der Waals surface area contributed by atoms with Crippen LogP contribution >= 0.6 is 11.3 Å². The normalized spacial score (nSPS) is 10.4. The maximum Gasteiger partial charge on any atom is 0.315 e. The van der Waals surface area contributed by atoms with E-state index in [0.29, 0.717) is 17.2 Å². The predicted molar refractivity (Wildman–Crippen MR) is 124 cm³/mol. The van der Waals surface area contributed by atoms with Gasteiger partial charge in [0, 0.05) is 23.3 Å². The summed E-state index contributed by atoms with van der Waals surface area (Å²) in [5.74, 6) is 1.25. The van der Waals surface area contributed by atoms with Gasteiger partial charge in [-0.1, -0.05) is 18.2 Å². The van der Waals surface area contributed by atoms with Gasteiger partial charge in [-0.15, -0.1) is 11.3 Å². The lowest BCUT2D eigenvalue weighted by Gasteiger charge is -2.10. The number of thiazole rings is 1. The molecule has 2 aromatic heterocycles. The zero-order chi connectivity index (χ0) is 22.3. The number of pyridine rings is 1. The van der Waals surface area contributed by atoms with E-state index in [1.165, 1.54) is 11.3 Å². The van der Waals surface area contributed by atoms with E-state index in [1.54, 1.807) is 44.7 Å². The van der Waals surface area contributed by atoms with E-state index in [1.807, 2.05) is 41.8 Å². The smallest absolute Gasteiger partial charge is 0.315 e. The van der Waals surface area contributed by atoms with Crippen LogP contribution in [0.15, 0.2) is 72.2 Å². The van der Waals surface area contributed by atoms with Crippen molar-refractivity contribution in [2.45, 2.75) is 6.42 Å². The number of carbonyl (C=O) groups excluding carboxylic acids is 1. The molecule has 0 bridgehead atoms. The number of hydrogen-bond acceptors (Lipinski definition) is 8. The highest BCUT2D eigenvalue weighted by Crippen LogP contribution is 2.29. The van der Waals surface area contributed by atoms with E-state index in [4.69, 9.17) is 14.2 Å². The molecule has 0 amide bonds. The second-order valence-electron chi connectivity index (χ2n) is 6.75. The fourth-order valence-electron chi connectivity index (χ4n) is 3.05. The van der Waals surface area contributed by atoms with E-state index in [2.05, 4.69) is 15.3 Å². The van der Waals surface area contributed by atoms with Gasteiger partial charge in [0.05, 0.1) is 26.3 Å². The third-order valence-corrected chi connectivity index (χ3v) is 5.30. The van der Waals surface area contributed by atoms with Crippen LogP contribution in [-0.4, -0.2) is 30.2 Å². The summed E-state index contributed by atoms with van der Waals surface area (Å²) in [6.45, 7) is 0. The molecule has 0 fully saturated rings. The van der Waals surface area contributed by atoms with Crippen LogP contribution in [0.1, 0.15) is 5.56 Å². The molecule has 0 aliphatic heterocycles. The number of esters is 1. The van der Waals surface area contributed by atoms with E-state index >= 15 is 0 Å². The molecule has 0 radical (unpaired) electrons. The summed E-state index contributed by atoms with van der Waals surface area (Å²) < 4.78 is 16.0. The lowest BCUT2D eigenvalue weighted by Crippen LogP contribution is -2.11. The molecule has 1 N–H and O–H groups in total. The van der Waals surface area contributed by atoms with Gasteiger partial charge in [-0.25, -0.2) is 4.98 Å². The summed E-state index contributed by atoms with van der Waals surface area (Å²) >= 11 is 1.48. The number of anilines is 2. The fourth-order valence-corrected chi connectivity index (χ4v) is 3.77. The minimum absolute atomic E-state index is 0.109. The van der Waals surface area contributed by atoms with Crippen LogP contribution in [0.2, 0.25) is 0 Å². The third-order valence-electron chi connectivity index (χ3n) is 4.54. The molecule has 0 saturated heterocycles. The molecule has 162 valence electrons. The Balaban J connectivity index is 1.40. The summed E-state index contributed by atoms with van der Waals surface area (Å²) in [5.41, 5.74) is 3.15. The Labute approximate surface area is 189 Å². The van der Waals surface area contributed by atoms with Crippen molar-refractivity contribution in [3.05, 3.63) is 77.8 Å². The van der Waals surface area contributed by atoms with Gasteiger partial charge in [-0.05, 0) is 42.0 Å². The number of aromatic nitrogens is 2. The molecule has 0 spiro atoms. The topological polar surface area (TPSA) is 82.6 Å². The maximum absolute atomic E-state index is 12.4. The van der Waals surface area contributed by atoms with Gasteiger partial charge in [0.15, 0.2) is 16.6 Å². The molecule has 0 aliphatic rings. The van der Waals surface area contributed by atoms with E-state index in [-0.39, 0.29) is 12.4 Å². The van der Waals surface area contributed by atoms with Gasteiger partial charge in [0.1, 0.15) is 11.4 Å². The lowest BCUT2D eigenvalue weighted by atomic mass is 10.1. The number of ether oxygens (including phenoxy) is 3. The van der Waals surface area contributed by atoms with Crippen molar-refractivity contribution in [3.63, 3.8) is 0 Å². The summed E-state index contributed by atoms with van der Waals surface area (Å²) in [6, 6.07) is 18.2. The molecule has 2 aromatic carbocycles. The van der Waals surface area contributed by atoms with Crippen molar-refractivity contribution in [1.82, 2.24) is 9.97 Å². The summed E-state index contributed by atoms with van der Waals surface area (Å²) in [7, 11) is 3.12. The Bertz CT molecular complexity index is 1210. The number of nitrogens with zero attached hydrogens (tertiary/aromatic N) is 2. The first-order chi connectivity index (χ1) is 15.6. The quantitative estimate of drug-likeness (QED) is 0.297. The van der Waals surface area contributed by atoms with Gasteiger partial charge >= 0.3 is 5.97 Å². The van der Waals surface area contributed by atoms with Gasteiger partial charge < -0.3 is 19.5 Å². The molecular formula is C24H21N3O4S. The van der Waals surface area contributed by atoms with Crippen LogP contribution in [0.25, 0.3) is 11.4 Å². The van der Waals surface area contributed by atoms with Crippen LogP contribution in [-0.2, 0) is 11.2 Å². The monoisotopic (exact) mass is 447 g/mol. The minimum Gasteiger partial charge on any atom is -0.493 e. The summed E-state index contributed by atoms with van der Waals surface area (Å²) in [5, 5.41) is 5.91. The molecule has 0 unspecified atom stereocenters. The predicted octanol–water partition coefficient (Wildman–Crippen LogP) is 5.11. The first-order valence-electron chi connectivity index (χ1n) is 9.80. The SMILES string of the molecule is COc1ccc(CC(=O)Oc2cccc(Nc3nc(-c4ccccn4)cs3)c2)cc1OC. The minimum atomic E-state index is -0.374. The molecule has 7 nitrogen and oxygen atoms in total. The number of nitrogens with one attached hydrogen (secondary N) is 1. The number of hydrogen-bond donors (Lipinski definition) is 1. The van der Waals surface area contributed by atoms with Gasteiger partial charge in [0.2, 0.25) is 0 Å². The lowest BCUT2D eigenvalue weighted by molar-refractivity contribution is -0.133. The molecule has 4 aromatic rings.